The molecule has 0 aromatic carbocycles. The first kappa shape index (κ1) is 13.5. The summed E-state index contributed by atoms with van der Waals surface area (Å²) in [7, 11) is 0. The molecule has 17 heavy (non-hydrogen) atoms. The summed E-state index contributed by atoms with van der Waals surface area (Å²) in [4.78, 5) is 12.4. The lowest BCUT2D eigenvalue weighted by atomic mass is 9.85. The Morgan fingerprint density at radius 2 is 1.71 bits per heavy atom. The van der Waals surface area contributed by atoms with Crippen LogP contribution < -0.4 is 0 Å². The van der Waals surface area contributed by atoms with Crippen LogP contribution in [-0.4, -0.2) is 11.0 Å². The Labute approximate surface area is 110 Å². The number of carbonyl (C=O) groups excluding carboxylic acids is 1. The van der Waals surface area contributed by atoms with Gasteiger partial charge in [0.2, 0.25) is 0 Å². The number of ketones is 1. The van der Waals surface area contributed by atoms with E-state index < -0.39 is 0 Å². The second kappa shape index (κ2) is 5.77. The zero-order valence-corrected chi connectivity index (χ0v) is 11.2. The molecule has 0 aromatic rings. The van der Waals surface area contributed by atoms with Crippen LogP contribution >= 0.6 is 11.8 Å². The maximum Gasteiger partial charge on any atom is 0.149 e. The van der Waals surface area contributed by atoms with Gasteiger partial charge in [0.15, 0.2) is 0 Å². The van der Waals surface area contributed by atoms with E-state index in [-0.39, 0.29) is 5.78 Å². The van der Waals surface area contributed by atoms with E-state index in [0.29, 0.717) is 5.25 Å². The molecule has 2 aliphatic carbocycles. The number of Topliss-reactive ketones (excluding diaryl/α,β-unsaturated/α-hetero) is 1. The van der Waals surface area contributed by atoms with E-state index in [9.17, 15) is 4.79 Å². The fraction of sp³-hybridized carbons (Fsp3) is 0.267. The molecule has 0 atom stereocenters. The molecule has 2 heteroatoms. The molecule has 0 saturated heterocycles. The molecular weight excluding hydrogens is 228 g/mol. The first-order valence-corrected chi connectivity index (χ1v) is 6.67. The molecule has 10 radical (unpaired) electrons. The molecule has 2 rings (SSSR count). The van der Waals surface area contributed by atoms with Crippen LogP contribution in [0, 0.1) is 61.5 Å². The number of thioether (sulfide) groups is 1. The Kier molecular flexibility index (Phi) is 4.57. The fourth-order valence-electron chi connectivity index (χ4n) is 1.86. The number of rotatable bonds is 4. The zero-order chi connectivity index (χ0) is 12.4. The van der Waals surface area contributed by atoms with Crippen molar-refractivity contribution in [3.8, 4) is 0 Å². The molecule has 2 saturated carbocycles. The van der Waals surface area contributed by atoms with Crippen LogP contribution in [0.1, 0.15) is 20.8 Å². The van der Waals surface area contributed by atoms with Gasteiger partial charge >= 0.3 is 0 Å². The molecule has 0 aromatic heterocycles. The Morgan fingerprint density at radius 1 is 1.06 bits per heavy atom. The fourth-order valence-corrected chi connectivity index (χ4v) is 2.81. The van der Waals surface area contributed by atoms with E-state index in [1.807, 2.05) is 45.4 Å². The van der Waals surface area contributed by atoms with E-state index in [2.05, 4.69) is 13.8 Å². The van der Waals surface area contributed by atoms with E-state index in [1.54, 1.807) is 11.8 Å². The molecule has 88 valence electrons. The molecule has 0 bridgehead atoms. The summed E-state index contributed by atoms with van der Waals surface area (Å²) in [6, 6.07) is 0. The second-order valence-corrected chi connectivity index (χ2v) is 6.04. The Bertz CT molecular complexity index is 274. The van der Waals surface area contributed by atoms with Crippen molar-refractivity contribution in [3.05, 3.63) is 61.5 Å². The van der Waals surface area contributed by atoms with Crippen molar-refractivity contribution in [2.75, 3.05) is 0 Å². The smallest absolute Gasteiger partial charge is 0.149 e. The molecule has 0 N–H and O–H groups in total. The van der Waals surface area contributed by atoms with Gasteiger partial charge in [-0.05, 0) is 49.7 Å². The molecule has 2 fully saturated rings. The average Bonchev–Trinajstić information content (AvgIpc) is 2.85. The Balaban J connectivity index is 1.97. The van der Waals surface area contributed by atoms with Crippen LogP contribution in [0.2, 0.25) is 0 Å². The number of hydrogen-bond donors (Lipinski definition) is 0. The van der Waals surface area contributed by atoms with Crippen molar-refractivity contribution in [1.82, 2.24) is 0 Å². The van der Waals surface area contributed by atoms with Gasteiger partial charge in [-0.15, -0.1) is 11.8 Å². The van der Waals surface area contributed by atoms with Crippen LogP contribution in [0.4, 0.5) is 0 Å². The highest BCUT2D eigenvalue weighted by molar-refractivity contribution is 8.03. The van der Waals surface area contributed by atoms with Crippen LogP contribution in [0.5, 0.6) is 0 Å². The Morgan fingerprint density at radius 3 is 2.29 bits per heavy atom. The minimum atomic E-state index is 0.139. The summed E-state index contributed by atoms with van der Waals surface area (Å²) in [6.07, 6.45) is 11.7. The molecule has 2 aliphatic rings. The van der Waals surface area contributed by atoms with Crippen LogP contribution in [0.15, 0.2) is 0 Å². The van der Waals surface area contributed by atoms with Crippen LogP contribution in [0.3, 0.4) is 0 Å². The van der Waals surface area contributed by atoms with Gasteiger partial charge in [0.1, 0.15) is 5.78 Å². The Hall–Kier alpha value is 0.0200. The first-order chi connectivity index (χ1) is 8.09. The predicted octanol–water partition coefficient (Wildman–Crippen LogP) is 3.23. The lowest BCUT2D eigenvalue weighted by Gasteiger charge is -2.22. The van der Waals surface area contributed by atoms with Gasteiger partial charge < -0.3 is 0 Å². The van der Waals surface area contributed by atoms with Crippen molar-refractivity contribution in [1.29, 1.82) is 0 Å². The van der Waals surface area contributed by atoms with Gasteiger partial charge in [0.05, 0.1) is 11.8 Å². The third-order valence-corrected chi connectivity index (χ3v) is 3.74. The highest BCUT2D eigenvalue weighted by Crippen LogP contribution is 2.47. The first-order valence-electron chi connectivity index (χ1n) is 5.79. The summed E-state index contributed by atoms with van der Waals surface area (Å²) < 4.78 is 0. The minimum Gasteiger partial charge on any atom is -0.298 e. The highest BCUT2D eigenvalue weighted by atomic mass is 32.2. The highest BCUT2D eigenvalue weighted by Gasteiger charge is 2.42. The van der Waals surface area contributed by atoms with Gasteiger partial charge in [0, 0.05) is 5.25 Å². The normalized spacial score (nSPS) is 25.2. The summed E-state index contributed by atoms with van der Waals surface area (Å²) >= 11 is 1.74. The topological polar surface area (TPSA) is 17.1 Å². The predicted molar refractivity (Wildman–Crippen MR) is 72.2 cm³/mol. The minimum absolute atomic E-state index is 0.139. The van der Waals surface area contributed by atoms with E-state index in [4.69, 9.17) is 0 Å². The summed E-state index contributed by atoms with van der Waals surface area (Å²) in [6.45, 7) is 6.25. The average molecular weight is 244 g/mol. The van der Waals surface area contributed by atoms with E-state index >= 15 is 0 Å². The van der Waals surface area contributed by atoms with Crippen molar-refractivity contribution >= 4 is 17.5 Å². The molecule has 0 heterocycles. The zero-order valence-electron chi connectivity index (χ0n) is 10.4. The molecule has 0 amide bonds. The standard InChI is InChI=1S/C15H16OS/c1-10(2)17-14-9-5-8-13(14)15(16)12-7-4-6-11(12)3/h4-10H,1-3H3. The van der Waals surface area contributed by atoms with Crippen LogP contribution in [0.25, 0.3) is 0 Å². The lowest BCUT2D eigenvalue weighted by molar-refractivity contribution is -0.114. The van der Waals surface area contributed by atoms with Crippen molar-refractivity contribution < 1.29 is 4.79 Å². The monoisotopic (exact) mass is 244 g/mol. The van der Waals surface area contributed by atoms with Gasteiger partial charge in [0.25, 0.3) is 0 Å². The molecule has 0 unspecified atom stereocenters. The summed E-state index contributed by atoms with van der Waals surface area (Å²) in [5.41, 5.74) is 0. The lowest BCUT2D eigenvalue weighted by Crippen LogP contribution is -2.23. The molecule has 0 aliphatic heterocycles. The van der Waals surface area contributed by atoms with Crippen molar-refractivity contribution in [2.45, 2.75) is 26.0 Å². The molecular formula is C15H16OS. The van der Waals surface area contributed by atoms with Gasteiger partial charge in [-0.1, -0.05) is 20.8 Å². The van der Waals surface area contributed by atoms with Crippen LogP contribution in [-0.2, 0) is 4.79 Å². The third kappa shape index (κ3) is 3.07. The molecule has 1 nitrogen and oxygen atoms in total. The number of carbonyl (C=O) groups is 1. The SMILES string of the molecule is C[C]1[CH][CH][CH][C]1C(=O)[C]1[CH][CH][CH][C]1SC(C)C. The third-order valence-electron chi connectivity index (χ3n) is 2.66. The van der Waals surface area contributed by atoms with Gasteiger partial charge in [-0.3, -0.25) is 4.79 Å². The number of hydrogen-bond acceptors (Lipinski definition) is 2. The van der Waals surface area contributed by atoms with Crippen molar-refractivity contribution in [3.63, 3.8) is 0 Å². The summed E-state index contributed by atoms with van der Waals surface area (Å²) in [5, 5.41) is 1.58. The maximum atomic E-state index is 12.4. The van der Waals surface area contributed by atoms with Gasteiger partial charge in [-0.25, -0.2) is 0 Å². The largest absolute Gasteiger partial charge is 0.298 e. The molecule has 0 spiro atoms. The quantitative estimate of drug-likeness (QED) is 0.755. The van der Waals surface area contributed by atoms with E-state index in [0.717, 1.165) is 23.0 Å². The van der Waals surface area contributed by atoms with Crippen molar-refractivity contribution in [2.24, 2.45) is 0 Å². The maximum absolute atomic E-state index is 12.4. The second-order valence-electron chi connectivity index (χ2n) is 4.42. The summed E-state index contributed by atoms with van der Waals surface area (Å²) in [5.74, 6) is 2.84. The van der Waals surface area contributed by atoms with Gasteiger partial charge in [-0.2, -0.15) is 0 Å². The van der Waals surface area contributed by atoms with E-state index in [1.165, 1.54) is 0 Å².